The second-order valence-corrected chi connectivity index (χ2v) is 4.39. The van der Waals surface area contributed by atoms with Crippen LogP contribution in [0.1, 0.15) is 12.8 Å². The Balaban J connectivity index is 2.06. The molecule has 17 heavy (non-hydrogen) atoms. The summed E-state index contributed by atoms with van der Waals surface area (Å²) in [5, 5.41) is 12.6. The number of anilines is 1. The highest BCUT2D eigenvalue weighted by atomic mass is 16.5. The number of aromatic amines is 1. The SMILES string of the molecule is COCC1(C(=O)Nc2ccn[nH]2)CCNCC1. The molecule has 0 aromatic carbocycles. The number of hydrogen-bond donors (Lipinski definition) is 3. The number of aromatic nitrogens is 2. The van der Waals surface area contributed by atoms with Crippen LogP contribution >= 0.6 is 0 Å². The maximum Gasteiger partial charge on any atom is 0.234 e. The summed E-state index contributed by atoms with van der Waals surface area (Å²) in [5.41, 5.74) is -0.425. The summed E-state index contributed by atoms with van der Waals surface area (Å²) in [6.45, 7) is 2.15. The fourth-order valence-electron chi connectivity index (χ4n) is 2.20. The van der Waals surface area contributed by atoms with Crippen LogP contribution in [0.15, 0.2) is 12.3 Å². The first-order chi connectivity index (χ1) is 8.27. The molecule has 0 bridgehead atoms. The first kappa shape index (κ1) is 12.1. The van der Waals surface area contributed by atoms with Crippen LogP contribution in [0, 0.1) is 5.41 Å². The molecular formula is C11H18N4O2. The van der Waals surface area contributed by atoms with E-state index in [4.69, 9.17) is 4.74 Å². The van der Waals surface area contributed by atoms with Crippen LogP contribution < -0.4 is 10.6 Å². The zero-order valence-electron chi connectivity index (χ0n) is 9.95. The van der Waals surface area contributed by atoms with Gasteiger partial charge in [-0.05, 0) is 25.9 Å². The van der Waals surface area contributed by atoms with Crippen molar-refractivity contribution >= 4 is 11.7 Å². The Morgan fingerprint density at radius 3 is 2.94 bits per heavy atom. The Morgan fingerprint density at radius 1 is 1.59 bits per heavy atom. The zero-order valence-corrected chi connectivity index (χ0v) is 9.95. The van der Waals surface area contributed by atoms with Gasteiger partial charge in [-0.1, -0.05) is 0 Å². The number of piperidine rings is 1. The average Bonchev–Trinajstić information content (AvgIpc) is 2.83. The van der Waals surface area contributed by atoms with Crippen LogP contribution in [0.25, 0.3) is 0 Å². The summed E-state index contributed by atoms with van der Waals surface area (Å²) in [5.74, 6) is 0.633. The molecule has 6 heteroatoms. The molecule has 94 valence electrons. The summed E-state index contributed by atoms with van der Waals surface area (Å²) in [4.78, 5) is 12.3. The van der Waals surface area contributed by atoms with Gasteiger partial charge in [0.25, 0.3) is 0 Å². The van der Waals surface area contributed by atoms with E-state index in [1.54, 1.807) is 19.4 Å². The quantitative estimate of drug-likeness (QED) is 0.708. The second kappa shape index (κ2) is 5.29. The van der Waals surface area contributed by atoms with Gasteiger partial charge in [0.05, 0.1) is 18.2 Å². The Labute approximate surface area is 100 Å². The van der Waals surface area contributed by atoms with Gasteiger partial charge >= 0.3 is 0 Å². The average molecular weight is 238 g/mol. The van der Waals surface area contributed by atoms with E-state index in [2.05, 4.69) is 20.8 Å². The van der Waals surface area contributed by atoms with Crippen molar-refractivity contribution in [3.63, 3.8) is 0 Å². The summed E-state index contributed by atoms with van der Waals surface area (Å²) in [6.07, 6.45) is 3.20. The summed E-state index contributed by atoms with van der Waals surface area (Å²) >= 11 is 0. The molecule has 6 nitrogen and oxygen atoms in total. The summed E-state index contributed by atoms with van der Waals surface area (Å²) in [7, 11) is 1.63. The Bertz CT molecular complexity index is 352. The van der Waals surface area contributed by atoms with E-state index in [0.29, 0.717) is 12.4 Å². The molecule has 1 amide bonds. The molecule has 1 aromatic rings. The molecule has 1 aliphatic rings. The van der Waals surface area contributed by atoms with Gasteiger partial charge < -0.3 is 15.4 Å². The number of nitrogens with one attached hydrogen (secondary N) is 3. The van der Waals surface area contributed by atoms with Gasteiger partial charge in [0.2, 0.25) is 5.91 Å². The highest BCUT2D eigenvalue weighted by Gasteiger charge is 2.39. The van der Waals surface area contributed by atoms with Gasteiger partial charge in [0.15, 0.2) is 0 Å². The van der Waals surface area contributed by atoms with Crippen molar-refractivity contribution in [2.75, 3.05) is 32.1 Å². The Kier molecular flexibility index (Phi) is 3.75. The van der Waals surface area contributed by atoms with Gasteiger partial charge in [-0.3, -0.25) is 9.89 Å². The maximum absolute atomic E-state index is 12.3. The van der Waals surface area contributed by atoms with Crippen molar-refractivity contribution in [1.82, 2.24) is 15.5 Å². The standard InChI is InChI=1S/C11H18N4O2/c1-17-8-11(3-6-12-7-4-11)10(16)14-9-2-5-13-15-9/h2,5,12H,3-4,6-8H2,1H3,(H2,13,14,15,16). The minimum Gasteiger partial charge on any atom is -0.384 e. The molecule has 1 aromatic heterocycles. The normalized spacial score (nSPS) is 18.9. The van der Waals surface area contributed by atoms with Gasteiger partial charge in [0.1, 0.15) is 5.82 Å². The minimum absolute atomic E-state index is 0.00472. The van der Waals surface area contributed by atoms with Crippen LogP contribution in [-0.4, -0.2) is 42.9 Å². The molecule has 1 fully saturated rings. The maximum atomic E-state index is 12.3. The van der Waals surface area contributed by atoms with Gasteiger partial charge in [-0.25, -0.2) is 0 Å². The molecule has 1 saturated heterocycles. The highest BCUT2D eigenvalue weighted by molar-refractivity contribution is 5.94. The molecule has 0 spiro atoms. The number of ether oxygens (including phenoxy) is 1. The number of rotatable bonds is 4. The monoisotopic (exact) mass is 238 g/mol. The van der Waals surface area contributed by atoms with E-state index in [0.717, 1.165) is 25.9 Å². The van der Waals surface area contributed by atoms with Crippen LogP contribution in [0.2, 0.25) is 0 Å². The van der Waals surface area contributed by atoms with Gasteiger partial charge in [-0.2, -0.15) is 5.10 Å². The lowest BCUT2D eigenvalue weighted by molar-refractivity contribution is -0.130. The zero-order chi connectivity index (χ0) is 12.1. The smallest absolute Gasteiger partial charge is 0.234 e. The Morgan fingerprint density at radius 2 is 2.35 bits per heavy atom. The van der Waals surface area contributed by atoms with Crippen molar-refractivity contribution in [3.8, 4) is 0 Å². The lowest BCUT2D eigenvalue weighted by Gasteiger charge is -2.35. The number of amides is 1. The predicted octanol–water partition coefficient (Wildman–Crippen LogP) is 0.364. The van der Waals surface area contributed by atoms with E-state index in [9.17, 15) is 4.79 Å². The fourth-order valence-corrected chi connectivity index (χ4v) is 2.20. The topological polar surface area (TPSA) is 79.0 Å². The van der Waals surface area contributed by atoms with Crippen molar-refractivity contribution in [3.05, 3.63) is 12.3 Å². The van der Waals surface area contributed by atoms with Crippen molar-refractivity contribution in [2.45, 2.75) is 12.8 Å². The molecule has 0 unspecified atom stereocenters. The first-order valence-electron chi connectivity index (χ1n) is 5.77. The van der Waals surface area contributed by atoms with Gasteiger partial charge in [0, 0.05) is 13.2 Å². The second-order valence-electron chi connectivity index (χ2n) is 4.39. The van der Waals surface area contributed by atoms with Crippen LogP contribution in [0.5, 0.6) is 0 Å². The largest absolute Gasteiger partial charge is 0.384 e. The van der Waals surface area contributed by atoms with Crippen molar-refractivity contribution in [1.29, 1.82) is 0 Å². The van der Waals surface area contributed by atoms with E-state index in [1.807, 2.05) is 0 Å². The summed E-state index contributed by atoms with van der Waals surface area (Å²) in [6, 6.07) is 1.74. The number of methoxy groups -OCH3 is 1. The third kappa shape index (κ3) is 2.65. The molecule has 0 saturated carbocycles. The molecule has 2 heterocycles. The van der Waals surface area contributed by atoms with Crippen LogP contribution in [0.3, 0.4) is 0 Å². The fraction of sp³-hybridized carbons (Fsp3) is 0.636. The number of carbonyl (C=O) groups is 1. The Hall–Kier alpha value is -1.40. The van der Waals surface area contributed by atoms with E-state index in [1.165, 1.54) is 0 Å². The van der Waals surface area contributed by atoms with E-state index >= 15 is 0 Å². The van der Waals surface area contributed by atoms with E-state index < -0.39 is 5.41 Å². The predicted molar refractivity (Wildman–Crippen MR) is 63.6 cm³/mol. The number of H-pyrrole nitrogens is 1. The molecule has 1 aliphatic heterocycles. The third-order valence-corrected chi connectivity index (χ3v) is 3.21. The summed E-state index contributed by atoms with van der Waals surface area (Å²) < 4.78 is 5.21. The van der Waals surface area contributed by atoms with Gasteiger partial charge in [-0.15, -0.1) is 0 Å². The van der Waals surface area contributed by atoms with Crippen molar-refractivity contribution in [2.24, 2.45) is 5.41 Å². The molecule has 0 radical (unpaired) electrons. The van der Waals surface area contributed by atoms with Crippen molar-refractivity contribution < 1.29 is 9.53 Å². The molecule has 2 rings (SSSR count). The lowest BCUT2D eigenvalue weighted by atomic mass is 9.78. The number of carbonyl (C=O) groups excluding carboxylic acids is 1. The molecule has 0 aliphatic carbocycles. The molecule has 0 atom stereocenters. The lowest BCUT2D eigenvalue weighted by Crippen LogP contribution is -2.47. The number of nitrogens with zero attached hydrogens (tertiary/aromatic N) is 1. The first-order valence-corrected chi connectivity index (χ1v) is 5.77. The van der Waals surface area contributed by atoms with Crippen LogP contribution in [0.4, 0.5) is 5.82 Å². The number of hydrogen-bond acceptors (Lipinski definition) is 4. The highest BCUT2D eigenvalue weighted by Crippen LogP contribution is 2.30. The molecule has 3 N–H and O–H groups in total. The third-order valence-electron chi connectivity index (χ3n) is 3.21. The minimum atomic E-state index is -0.425. The molecular weight excluding hydrogens is 220 g/mol. The van der Waals surface area contributed by atoms with Crippen LogP contribution in [-0.2, 0) is 9.53 Å². The van der Waals surface area contributed by atoms with E-state index in [-0.39, 0.29) is 5.91 Å².